The number of ether oxygens (including phenoxy) is 1. The van der Waals surface area contributed by atoms with Crippen molar-refractivity contribution in [2.45, 2.75) is 39.0 Å². The van der Waals surface area contributed by atoms with Gasteiger partial charge in [0.2, 0.25) is 17.7 Å². The number of aryl methyl sites for hydroxylation is 3. The molecule has 9 rings (SSSR count). The number of amides is 3. The lowest BCUT2D eigenvalue weighted by molar-refractivity contribution is -0.139. The molecule has 2 bridgehead atoms. The van der Waals surface area contributed by atoms with Gasteiger partial charge < -0.3 is 9.64 Å². The molecule has 3 amide bonds. The van der Waals surface area contributed by atoms with Crippen molar-refractivity contribution in [2.75, 3.05) is 16.3 Å². The standard InChI is InChI=1S/C38H32N2O5/c1-20-12-13-21(2)30(16-20)39-19-23(18-31(39)41)38(44)45-24-14-15-29(22(3)17-24)40-36(42)34-32-25-8-4-5-9-26(25)33(35(34)37(40)43)28-11-7-6-10-27(28)32/h4-17,23,32-35H,18-19H2,1-3H3/t23-,32?,33?,34+,35+/m1/s1. The van der Waals surface area contributed by atoms with Gasteiger partial charge in [0, 0.05) is 30.5 Å². The van der Waals surface area contributed by atoms with Crippen molar-refractivity contribution < 1.29 is 23.9 Å². The molecule has 0 aromatic heterocycles. The molecule has 0 radical (unpaired) electrons. The third-order valence-corrected chi connectivity index (χ3v) is 10.2. The molecule has 5 aliphatic rings. The minimum atomic E-state index is -0.596. The summed E-state index contributed by atoms with van der Waals surface area (Å²) in [6.45, 7) is 5.99. The molecular formula is C38H32N2O5. The zero-order valence-corrected chi connectivity index (χ0v) is 25.3. The van der Waals surface area contributed by atoms with E-state index in [1.54, 1.807) is 23.1 Å². The van der Waals surface area contributed by atoms with E-state index in [4.69, 9.17) is 4.74 Å². The highest BCUT2D eigenvalue weighted by Crippen LogP contribution is 2.61. The summed E-state index contributed by atoms with van der Waals surface area (Å²) in [5, 5.41) is 0. The number of carbonyl (C=O) groups excluding carboxylic acids is 4. The van der Waals surface area contributed by atoms with Crippen LogP contribution >= 0.6 is 0 Å². The van der Waals surface area contributed by atoms with E-state index in [9.17, 15) is 19.2 Å². The van der Waals surface area contributed by atoms with Crippen LogP contribution in [0.3, 0.4) is 0 Å². The van der Waals surface area contributed by atoms with Crippen LogP contribution in [-0.2, 0) is 19.2 Å². The first-order valence-corrected chi connectivity index (χ1v) is 15.5. The van der Waals surface area contributed by atoms with Crippen LogP contribution < -0.4 is 14.5 Å². The van der Waals surface area contributed by atoms with Crippen molar-refractivity contribution in [3.63, 3.8) is 0 Å². The summed E-state index contributed by atoms with van der Waals surface area (Å²) < 4.78 is 5.75. The van der Waals surface area contributed by atoms with Crippen LogP contribution in [0.25, 0.3) is 0 Å². The fraction of sp³-hybridized carbons (Fsp3) is 0.263. The van der Waals surface area contributed by atoms with Gasteiger partial charge in [-0.25, -0.2) is 4.90 Å². The Labute approximate surface area is 261 Å². The van der Waals surface area contributed by atoms with Crippen molar-refractivity contribution >= 4 is 35.1 Å². The SMILES string of the molecule is Cc1ccc(C)c(N2C[C@H](C(=O)Oc3ccc(N4C(=O)[C@H]5C6c7ccccc7C(c7ccccc76)[C@@H]5C4=O)c(C)c3)CC2=O)c1. The third-order valence-electron chi connectivity index (χ3n) is 10.2. The number of nitrogens with zero attached hydrogens (tertiary/aromatic N) is 2. The largest absolute Gasteiger partial charge is 0.426 e. The second-order valence-corrected chi connectivity index (χ2v) is 12.8. The molecule has 224 valence electrons. The minimum Gasteiger partial charge on any atom is -0.426 e. The number of rotatable bonds is 4. The lowest BCUT2D eigenvalue weighted by Crippen LogP contribution is -2.41. The summed E-state index contributed by atoms with van der Waals surface area (Å²) in [7, 11) is 0. The topological polar surface area (TPSA) is 84.0 Å². The Hall–Kier alpha value is -5.04. The summed E-state index contributed by atoms with van der Waals surface area (Å²) in [6.07, 6.45) is 0.0793. The number of anilines is 2. The zero-order valence-electron chi connectivity index (χ0n) is 25.3. The Morgan fingerprint density at radius 3 is 1.82 bits per heavy atom. The molecule has 3 atom stereocenters. The van der Waals surface area contributed by atoms with E-state index in [0.29, 0.717) is 17.0 Å². The average Bonchev–Trinajstić information content (AvgIpc) is 3.55. The molecule has 2 saturated heterocycles. The van der Waals surface area contributed by atoms with Gasteiger partial charge >= 0.3 is 5.97 Å². The summed E-state index contributed by atoms with van der Waals surface area (Å²) in [6, 6.07) is 27.3. The van der Waals surface area contributed by atoms with Gasteiger partial charge in [-0.05, 0) is 84.0 Å². The molecular weight excluding hydrogens is 564 g/mol. The quantitative estimate of drug-likeness (QED) is 0.165. The Morgan fingerprint density at radius 1 is 0.689 bits per heavy atom. The Balaban J connectivity index is 1.04. The maximum absolute atomic E-state index is 14.2. The van der Waals surface area contributed by atoms with E-state index in [2.05, 4.69) is 24.3 Å². The van der Waals surface area contributed by atoms with Gasteiger partial charge in [0.15, 0.2) is 0 Å². The Kier molecular flexibility index (Phi) is 6.11. The van der Waals surface area contributed by atoms with Crippen LogP contribution in [0.5, 0.6) is 5.75 Å². The first-order chi connectivity index (χ1) is 21.7. The predicted octanol–water partition coefficient (Wildman–Crippen LogP) is 5.97. The lowest BCUT2D eigenvalue weighted by Gasteiger charge is -2.45. The van der Waals surface area contributed by atoms with Crippen molar-refractivity contribution in [1.82, 2.24) is 0 Å². The van der Waals surface area contributed by atoms with E-state index >= 15 is 0 Å². The fourth-order valence-corrected chi connectivity index (χ4v) is 8.17. The molecule has 0 unspecified atom stereocenters. The molecule has 2 fully saturated rings. The number of hydrogen-bond donors (Lipinski definition) is 0. The highest BCUT2D eigenvalue weighted by atomic mass is 16.5. The first kappa shape index (κ1) is 27.5. The molecule has 3 aliphatic carbocycles. The molecule has 7 nitrogen and oxygen atoms in total. The van der Waals surface area contributed by atoms with Crippen LogP contribution in [0.1, 0.15) is 57.2 Å². The lowest BCUT2D eigenvalue weighted by atomic mass is 9.55. The van der Waals surface area contributed by atoms with E-state index in [-0.39, 0.29) is 42.5 Å². The summed E-state index contributed by atoms with van der Waals surface area (Å²) in [5.41, 5.74) is 8.51. The molecule has 4 aromatic rings. The highest BCUT2D eigenvalue weighted by Gasteiger charge is 2.61. The summed E-state index contributed by atoms with van der Waals surface area (Å²) in [5.74, 6) is -2.53. The van der Waals surface area contributed by atoms with Crippen LogP contribution in [0.4, 0.5) is 11.4 Å². The fourth-order valence-electron chi connectivity index (χ4n) is 8.17. The number of imide groups is 1. The zero-order chi connectivity index (χ0) is 31.1. The molecule has 45 heavy (non-hydrogen) atoms. The van der Waals surface area contributed by atoms with E-state index in [0.717, 1.165) is 39.1 Å². The Bertz CT molecular complexity index is 1850. The normalized spacial score (nSPS) is 24.5. The number of hydrogen-bond acceptors (Lipinski definition) is 5. The van der Waals surface area contributed by atoms with Gasteiger partial charge in [0.05, 0.1) is 23.4 Å². The average molecular weight is 597 g/mol. The minimum absolute atomic E-state index is 0.0793. The predicted molar refractivity (Wildman–Crippen MR) is 169 cm³/mol. The highest BCUT2D eigenvalue weighted by molar-refractivity contribution is 6.23. The summed E-state index contributed by atoms with van der Waals surface area (Å²) in [4.78, 5) is 57.4. The van der Waals surface area contributed by atoms with Gasteiger partial charge in [-0.1, -0.05) is 60.7 Å². The van der Waals surface area contributed by atoms with Crippen LogP contribution in [0.15, 0.2) is 84.9 Å². The van der Waals surface area contributed by atoms with Crippen molar-refractivity contribution in [3.05, 3.63) is 124 Å². The monoisotopic (exact) mass is 596 g/mol. The van der Waals surface area contributed by atoms with Gasteiger partial charge in [-0.3, -0.25) is 19.2 Å². The van der Waals surface area contributed by atoms with Crippen LogP contribution in [0, 0.1) is 38.5 Å². The van der Waals surface area contributed by atoms with Crippen LogP contribution in [0.2, 0.25) is 0 Å². The molecule has 0 N–H and O–H groups in total. The first-order valence-electron chi connectivity index (χ1n) is 15.5. The van der Waals surface area contributed by atoms with E-state index in [1.807, 2.05) is 63.2 Å². The number of esters is 1. The molecule has 0 spiro atoms. The molecule has 7 heteroatoms. The number of carbonyl (C=O) groups is 4. The second kappa shape index (κ2) is 9.99. The second-order valence-electron chi connectivity index (χ2n) is 12.8. The van der Waals surface area contributed by atoms with Crippen molar-refractivity contribution in [3.8, 4) is 5.75 Å². The smallest absolute Gasteiger partial charge is 0.316 e. The van der Waals surface area contributed by atoms with Gasteiger partial charge in [-0.2, -0.15) is 0 Å². The van der Waals surface area contributed by atoms with Gasteiger partial charge in [-0.15, -0.1) is 0 Å². The van der Waals surface area contributed by atoms with E-state index in [1.165, 1.54) is 4.90 Å². The maximum Gasteiger partial charge on any atom is 0.316 e. The Morgan fingerprint density at radius 2 is 1.27 bits per heavy atom. The third kappa shape index (κ3) is 4.03. The summed E-state index contributed by atoms with van der Waals surface area (Å²) >= 11 is 0. The molecule has 2 aliphatic heterocycles. The van der Waals surface area contributed by atoms with Crippen molar-refractivity contribution in [1.29, 1.82) is 0 Å². The molecule has 2 heterocycles. The van der Waals surface area contributed by atoms with Crippen molar-refractivity contribution in [2.24, 2.45) is 17.8 Å². The number of benzene rings is 4. The van der Waals surface area contributed by atoms with Crippen LogP contribution in [-0.4, -0.2) is 30.2 Å². The van der Waals surface area contributed by atoms with E-state index < -0.39 is 23.7 Å². The van der Waals surface area contributed by atoms with Gasteiger partial charge in [0.25, 0.3) is 0 Å². The molecule has 0 saturated carbocycles. The van der Waals surface area contributed by atoms with Gasteiger partial charge in [0.1, 0.15) is 5.75 Å². The molecule has 4 aromatic carbocycles. The maximum atomic E-state index is 14.2.